The number of rotatable bonds is 7. The molecule has 0 spiro atoms. The van der Waals surface area contributed by atoms with Crippen LogP contribution in [-0.4, -0.2) is 63.2 Å². The molecule has 34 heavy (non-hydrogen) atoms. The Morgan fingerprint density at radius 2 is 1.71 bits per heavy atom. The molecule has 0 aliphatic carbocycles. The summed E-state index contributed by atoms with van der Waals surface area (Å²) in [5, 5.41) is 2.83. The minimum absolute atomic E-state index is 0.0480. The Kier molecular flexibility index (Phi) is 8.33. The summed E-state index contributed by atoms with van der Waals surface area (Å²) < 4.78 is 33.2. The van der Waals surface area contributed by atoms with E-state index in [0.717, 1.165) is 36.8 Å². The highest BCUT2D eigenvalue weighted by molar-refractivity contribution is 7.89. The molecule has 8 nitrogen and oxygen atoms in total. The van der Waals surface area contributed by atoms with E-state index in [1.54, 1.807) is 0 Å². The van der Waals surface area contributed by atoms with Crippen molar-refractivity contribution >= 4 is 27.5 Å². The molecule has 1 fully saturated rings. The van der Waals surface area contributed by atoms with E-state index in [0.29, 0.717) is 18.8 Å². The van der Waals surface area contributed by atoms with E-state index in [-0.39, 0.29) is 28.7 Å². The molecule has 2 amide bonds. The second kappa shape index (κ2) is 11.0. The Balaban J connectivity index is 1.80. The average Bonchev–Trinajstić information content (AvgIpc) is 3.10. The molecule has 9 heteroatoms. The topological polar surface area (TPSA) is 96.0 Å². The molecule has 0 saturated carbocycles. The van der Waals surface area contributed by atoms with Crippen LogP contribution in [0.2, 0.25) is 0 Å². The number of carbonyl (C=O) groups excluding carboxylic acids is 2. The Morgan fingerprint density at radius 1 is 1.03 bits per heavy atom. The van der Waals surface area contributed by atoms with Crippen molar-refractivity contribution in [3.63, 3.8) is 0 Å². The number of methoxy groups -OCH3 is 1. The normalized spacial score (nSPS) is 14.8. The summed E-state index contributed by atoms with van der Waals surface area (Å²) in [6.07, 6.45) is 3.65. The summed E-state index contributed by atoms with van der Waals surface area (Å²) in [4.78, 5) is 27.1. The number of nitrogens with one attached hydrogen (secondary N) is 1. The molecule has 0 unspecified atom stereocenters. The lowest BCUT2D eigenvalue weighted by atomic mass is 10.1. The fourth-order valence-electron chi connectivity index (χ4n) is 4.00. The Hall–Kier alpha value is -2.91. The molecule has 2 aromatic carbocycles. The van der Waals surface area contributed by atoms with Crippen LogP contribution in [0.15, 0.2) is 41.3 Å². The molecular formula is C25H33N3O5S. The zero-order valence-electron chi connectivity index (χ0n) is 20.3. The van der Waals surface area contributed by atoms with Crippen molar-refractivity contribution in [1.82, 2.24) is 9.21 Å². The van der Waals surface area contributed by atoms with E-state index in [1.165, 1.54) is 41.6 Å². The number of anilines is 1. The summed E-state index contributed by atoms with van der Waals surface area (Å²) in [5.41, 5.74) is 2.72. The van der Waals surface area contributed by atoms with Crippen LogP contribution < -0.4 is 10.1 Å². The van der Waals surface area contributed by atoms with Crippen molar-refractivity contribution in [1.29, 1.82) is 0 Å². The van der Waals surface area contributed by atoms with E-state index in [9.17, 15) is 18.0 Å². The van der Waals surface area contributed by atoms with Gasteiger partial charge in [-0.15, -0.1) is 0 Å². The first-order chi connectivity index (χ1) is 16.1. The molecule has 1 saturated heterocycles. The highest BCUT2D eigenvalue weighted by Gasteiger charge is 2.28. The maximum atomic E-state index is 13.2. The monoisotopic (exact) mass is 487 g/mol. The van der Waals surface area contributed by atoms with Gasteiger partial charge in [-0.1, -0.05) is 25.0 Å². The number of ether oxygens (including phenoxy) is 1. The smallest absolute Gasteiger partial charge is 0.257 e. The third-order valence-electron chi connectivity index (χ3n) is 6.00. The highest BCUT2D eigenvalue weighted by Crippen LogP contribution is 2.27. The molecule has 1 aliphatic heterocycles. The largest absolute Gasteiger partial charge is 0.496 e. The Labute approximate surface area is 201 Å². The fourth-order valence-corrected chi connectivity index (χ4v) is 5.54. The van der Waals surface area contributed by atoms with Crippen LogP contribution in [0.25, 0.3) is 0 Å². The number of hydrogen-bond acceptors (Lipinski definition) is 5. The second-order valence-corrected chi connectivity index (χ2v) is 10.6. The zero-order chi connectivity index (χ0) is 24.9. The standard InChI is InChI=1S/C25H33N3O5S/c1-18-9-10-19(2)22(15-18)26-24(29)17-27(3)25(30)21-16-20(11-12-23(21)33-4)34(31,32)28-13-7-5-6-8-14-28/h9-12,15-16H,5-8,13-14,17H2,1-4H3,(H,26,29). The first-order valence-corrected chi connectivity index (χ1v) is 12.9. The maximum Gasteiger partial charge on any atom is 0.257 e. The van der Waals surface area contributed by atoms with Gasteiger partial charge in [0.1, 0.15) is 5.75 Å². The van der Waals surface area contributed by atoms with Crippen LogP contribution in [0.4, 0.5) is 5.69 Å². The quantitative estimate of drug-likeness (QED) is 0.644. The van der Waals surface area contributed by atoms with E-state index >= 15 is 0 Å². The van der Waals surface area contributed by atoms with Crippen molar-refractivity contribution in [3.05, 3.63) is 53.1 Å². The summed E-state index contributed by atoms with van der Waals surface area (Å²) in [6.45, 7) is 4.57. The van der Waals surface area contributed by atoms with Crippen LogP contribution in [-0.2, 0) is 14.8 Å². The molecule has 1 N–H and O–H groups in total. The molecular weight excluding hydrogens is 454 g/mol. The zero-order valence-corrected chi connectivity index (χ0v) is 21.1. The van der Waals surface area contributed by atoms with Gasteiger partial charge in [0.25, 0.3) is 5.91 Å². The lowest BCUT2D eigenvalue weighted by Crippen LogP contribution is -2.35. The molecule has 0 aromatic heterocycles. The number of nitrogens with zero attached hydrogens (tertiary/aromatic N) is 2. The lowest BCUT2D eigenvalue weighted by molar-refractivity contribution is -0.116. The summed E-state index contributed by atoms with van der Waals surface area (Å²) >= 11 is 0. The van der Waals surface area contributed by atoms with E-state index < -0.39 is 15.9 Å². The van der Waals surface area contributed by atoms with Gasteiger partial charge in [0.05, 0.1) is 24.1 Å². The predicted octanol–water partition coefficient (Wildman–Crippen LogP) is 3.59. The molecule has 1 heterocycles. The van der Waals surface area contributed by atoms with Crippen LogP contribution in [0.3, 0.4) is 0 Å². The molecule has 0 radical (unpaired) electrons. The van der Waals surface area contributed by atoms with Crippen molar-refractivity contribution < 1.29 is 22.7 Å². The molecule has 184 valence electrons. The second-order valence-electron chi connectivity index (χ2n) is 8.71. The van der Waals surface area contributed by atoms with Gasteiger partial charge in [0.15, 0.2) is 0 Å². The molecule has 3 rings (SSSR count). The van der Waals surface area contributed by atoms with Gasteiger partial charge in [-0.3, -0.25) is 9.59 Å². The number of aryl methyl sites for hydroxylation is 2. The fraction of sp³-hybridized carbons (Fsp3) is 0.440. The van der Waals surface area contributed by atoms with Gasteiger partial charge in [-0.05, 0) is 62.1 Å². The van der Waals surface area contributed by atoms with Gasteiger partial charge in [-0.25, -0.2) is 8.42 Å². The maximum absolute atomic E-state index is 13.2. The first-order valence-electron chi connectivity index (χ1n) is 11.4. The lowest BCUT2D eigenvalue weighted by Gasteiger charge is -2.22. The van der Waals surface area contributed by atoms with Crippen LogP contribution >= 0.6 is 0 Å². The number of sulfonamides is 1. The van der Waals surface area contributed by atoms with Gasteiger partial charge < -0.3 is 15.0 Å². The number of carbonyl (C=O) groups is 2. The number of benzene rings is 2. The van der Waals surface area contributed by atoms with E-state index in [4.69, 9.17) is 4.74 Å². The SMILES string of the molecule is COc1ccc(S(=O)(=O)N2CCCCCC2)cc1C(=O)N(C)CC(=O)Nc1cc(C)ccc1C. The van der Waals surface area contributed by atoms with Crippen LogP contribution in [0.5, 0.6) is 5.75 Å². The Bertz CT molecular complexity index is 1160. The van der Waals surface area contributed by atoms with Crippen molar-refractivity contribution in [2.45, 2.75) is 44.4 Å². The third-order valence-corrected chi connectivity index (χ3v) is 7.89. The van der Waals surface area contributed by atoms with Crippen molar-refractivity contribution in [2.24, 2.45) is 0 Å². The predicted molar refractivity (Wildman–Crippen MR) is 132 cm³/mol. The summed E-state index contributed by atoms with van der Waals surface area (Å²) in [6, 6.07) is 10.0. The van der Waals surface area contributed by atoms with E-state index in [1.807, 2.05) is 32.0 Å². The van der Waals surface area contributed by atoms with Gasteiger partial charge in [0, 0.05) is 25.8 Å². The Morgan fingerprint density at radius 3 is 2.35 bits per heavy atom. The minimum Gasteiger partial charge on any atom is -0.496 e. The molecule has 1 aliphatic rings. The molecule has 2 aromatic rings. The van der Waals surface area contributed by atoms with Crippen LogP contribution in [0, 0.1) is 13.8 Å². The highest BCUT2D eigenvalue weighted by atomic mass is 32.2. The number of hydrogen-bond donors (Lipinski definition) is 1. The number of likely N-dealkylation sites (N-methyl/N-ethyl adjacent to an activating group) is 1. The summed E-state index contributed by atoms with van der Waals surface area (Å²) in [5.74, 6) is -0.598. The summed E-state index contributed by atoms with van der Waals surface area (Å²) in [7, 11) is -0.818. The number of amides is 2. The molecule has 0 bridgehead atoms. The van der Waals surface area contributed by atoms with Crippen molar-refractivity contribution in [2.75, 3.05) is 39.1 Å². The first kappa shape index (κ1) is 25.7. The van der Waals surface area contributed by atoms with Gasteiger partial charge >= 0.3 is 0 Å². The van der Waals surface area contributed by atoms with E-state index in [2.05, 4.69) is 5.32 Å². The van der Waals surface area contributed by atoms with Crippen LogP contribution in [0.1, 0.15) is 47.2 Å². The van der Waals surface area contributed by atoms with Gasteiger partial charge in [0.2, 0.25) is 15.9 Å². The minimum atomic E-state index is -3.74. The third kappa shape index (κ3) is 5.95. The van der Waals surface area contributed by atoms with Crippen molar-refractivity contribution in [3.8, 4) is 5.75 Å². The average molecular weight is 488 g/mol. The molecule has 0 atom stereocenters. The van der Waals surface area contributed by atoms with Gasteiger partial charge in [-0.2, -0.15) is 4.31 Å².